The SMILES string of the molecule is CCn1ccnc1[C@@H]1OCC[C@H]1C(=O)N[C@@H](Cc1ccccc1)C(=O)O. The van der Waals surface area contributed by atoms with E-state index in [0.29, 0.717) is 18.9 Å². The minimum atomic E-state index is -1.05. The topological polar surface area (TPSA) is 93.5 Å². The second kappa shape index (κ2) is 8.14. The van der Waals surface area contributed by atoms with Gasteiger partial charge in [-0.05, 0) is 18.9 Å². The van der Waals surface area contributed by atoms with Gasteiger partial charge in [0, 0.05) is 32.0 Å². The fourth-order valence-electron chi connectivity index (χ4n) is 3.29. The van der Waals surface area contributed by atoms with Gasteiger partial charge in [0.05, 0.1) is 5.92 Å². The van der Waals surface area contributed by atoms with Crippen molar-refractivity contribution in [3.05, 3.63) is 54.1 Å². The van der Waals surface area contributed by atoms with Gasteiger partial charge in [-0.3, -0.25) is 4.79 Å². The number of benzene rings is 1. The minimum Gasteiger partial charge on any atom is -0.480 e. The highest BCUT2D eigenvalue weighted by Crippen LogP contribution is 2.34. The maximum Gasteiger partial charge on any atom is 0.326 e. The smallest absolute Gasteiger partial charge is 0.326 e. The van der Waals surface area contributed by atoms with E-state index in [9.17, 15) is 14.7 Å². The molecule has 2 aromatic rings. The molecule has 0 aliphatic carbocycles. The molecule has 1 aliphatic heterocycles. The molecule has 1 aromatic carbocycles. The Labute approximate surface area is 152 Å². The van der Waals surface area contributed by atoms with Gasteiger partial charge in [-0.2, -0.15) is 0 Å². The average molecular weight is 357 g/mol. The maximum atomic E-state index is 12.8. The van der Waals surface area contributed by atoms with Crippen LogP contribution in [0.1, 0.15) is 30.8 Å². The molecule has 1 aliphatic rings. The fraction of sp³-hybridized carbons (Fsp3) is 0.421. The summed E-state index contributed by atoms with van der Waals surface area (Å²) in [6, 6.07) is 8.29. The van der Waals surface area contributed by atoms with Crippen LogP contribution in [0.25, 0.3) is 0 Å². The molecule has 0 bridgehead atoms. The number of aromatic nitrogens is 2. The highest BCUT2D eigenvalue weighted by molar-refractivity contribution is 5.85. The first-order valence-electron chi connectivity index (χ1n) is 8.80. The third kappa shape index (κ3) is 3.94. The summed E-state index contributed by atoms with van der Waals surface area (Å²) in [5, 5.41) is 12.2. The summed E-state index contributed by atoms with van der Waals surface area (Å²) in [7, 11) is 0. The van der Waals surface area contributed by atoms with Crippen LogP contribution in [0, 0.1) is 5.92 Å². The molecule has 1 aromatic heterocycles. The molecule has 3 rings (SSSR count). The largest absolute Gasteiger partial charge is 0.480 e. The van der Waals surface area contributed by atoms with Gasteiger partial charge in [-0.25, -0.2) is 9.78 Å². The molecule has 138 valence electrons. The second-order valence-electron chi connectivity index (χ2n) is 6.35. The zero-order chi connectivity index (χ0) is 18.5. The van der Waals surface area contributed by atoms with E-state index in [1.54, 1.807) is 6.20 Å². The monoisotopic (exact) mass is 357 g/mol. The fourth-order valence-corrected chi connectivity index (χ4v) is 3.29. The molecular formula is C19H23N3O4. The molecule has 0 radical (unpaired) electrons. The van der Waals surface area contributed by atoms with Crippen LogP contribution in [-0.4, -0.2) is 39.2 Å². The van der Waals surface area contributed by atoms with E-state index in [1.165, 1.54) is 0 Å². The van der Waals surface area contributed by atoms with E-state index < -0.39 is 24.0 Å². The molecule has 26 heavy (non-hydrogen) atoms. The van der Waals surface area contributed by atoms with Crippen LogP contribution in [0.3, 0.4) is 0 Å². The molecule has 2 N–H and O–H groups in total. The van der Waals surface area contributed by atoms with Gasteiger partial charge >= 0.3 is 5.97 Å². The van der Waals surface area contributed by atoms with Crippen LogP contribution in [0.5, 0.6) is 0 Å². The van der Waals surface area contributed by atoms with Crippen LogP contribution >= 0.6 is 0 Å². The third-order valence-electron chi connectivity index (χ3n) is 4.67. The number of nitrogens with zero attached hydrogens (tertiary/aromatic N) is 2. The number of hydrogen-bond acceptors (Lipinski definition) is 4. The molecule has 7 heteroatoms. The number of nitrogens with one attached hydrogen (secondary N) is 1. The zero-order valence-corrected chi connectivity index (χ0v) is 14.7. The summed E-state index contributed by atoms with van der Waals surface area (Å²) in [5.74, 6) is -1.09. The Morgan fingerprint density at radius 2 is 2.15 bits per heavy atom. The summed E-state index contributed by atoms with van der Waals surface area (Å²) >= 11 is 0. The van der Waals surface area contributed by atoms with Crippen molar-refractivity contribution < 1.29 is 19.4 Å². The molecule has 7 nitrogen and oxygen atoms in total. The number of hydrogen-bond donors (Lipinski definition) is 2. The number of carboxylic acids is 1. The van der Waals surface area contributed by atoms with Crippen molar-refractivity contribution in [3.8, 4) is 0 Å². The Morgan fingerprint density at radius 3 is 2.85 bits per heavy atom. The summed E-state index contributed by atoms with van der Waals surface area (Å²) in [6.07, 6.45) is 3.87. The first kappa shape index (κ1) is 18.1. The van der Waals surface area contributed by atoms with Crippen molar-refractivity contribution in [2.24, 2.45) is 5.92 Å². The molecule has 1 saturated heterocycles. The van der Waals surface area contributed by atoms with E-state index in [4.69, 9.17) is 4.74 Å². The molecule has 0 spiro atoms. The molecule has 0 saturated carbocycles. The van der Waals surface area contributed by atoms with Crippen LogP contribution in [0.4, 0.5) is 0 Å². The van der Waals surface area contributed by atoms with Crippen molar-refractivity contribution in [1.29, 1.82) is 0 Å². The Balaban J connectivity index is 1.71. The Morgan fingerprint density at radius 1 is 1.38 bits per heavy atom. The number of aryl methyl sites for hydroxylation is 1. The standard InChI is InChI=1S/C19H23N3O4/c1-2-22-10-9-20-17(22)16-14(8-11-26-16)18(23)21-15(19(24)25)12-13-6-4-3-5-7-13/h3-7,9-10,14-16H,2,8,11-12H2,1H3,(H,21,23)(H,24,25)/t14-,15+,16-/m1/s1. The van der Waals surface area contributed by atoms with Crippen LogP contribution < -0.4 is 5.32 Å². The van der Waals surface area contributed by atoms with E-state index in [2.05, 4.69) is 10.3 Å². The number of imidazole rings is 1. The van der Waals surface area contributed by atoms with Gasteiger partial charge in [0.25, 0.3) is 0 Å². The lowest BCUT2D eigenvalue weighted by Gasteiger charge is -2.21. The van der Waals surface area contributed by atoms with E-state index in [1.807, 2.05) is 48.0 Å². The lowest BCUT2D eigenvalue weighted by molar-refractivity contribution is -0.142. The van der Waals surface area contributed by atoms with Crippen molar-refractivity contribution in [3.63, 3.8) is 0 Å². The maximum absolute atomic E-state index is 12.8. The van der Waals surface area contributed by atoms with E-state index in [0.717, 1.165) is 12.1 Å². The number of aliphatic carboxylic acids is 1. The predicted molar refractivity (Wildman–Crippen MR) is 94.4 cm³/mol. The normalized spacial score (nSPS) is 20.7. The molecule has 3 atom stereocenters. The van der Waals surface area contributed by atoms with Crippen molar-refractivity contribution >= 4 is 11.9 Å². The first-order valence-corrected chi connectivity index (χ1v) is 8.80. The Bertz CT molecular complexity index is 759. The highest BCUT2D eigenvalue weighted by Gasteiger charge is 2.39. The van der Waals surface area contributed by atoms with Gasteiger partial charge in [-0.15, -0.1) is 0 Å². The van der Waals surface area contributed by atoms with Crippen LogP contribution in [0.15, 0.2) is 42.7 Å². The highest BCUT2D eigenvalue weighted by atomic mass is 16.5. The minimum absolute atomic E-state index is 0.240. The average Bonchev–Trinajstić information content (AvgIpc) is 3.30. The molecular weight excluding hydrogens is 334 g/mol. The summed E-state index contributed by atoms with van der Waals surface area (Å²) in [4.78, 5) is 28.7. The number of carboxylic acid groups (broad SMARTS) is 1. The number of ether oxygens (including phenoxy) is 1. The van der Waals surface area contributed by atoms with Gasteiger partial charge in [-0.1, -0.05) is 30.3 Å². The second-order valence-corrected chi connectivity index (χ2v) is 6.35. The zero-order valence-electron chi connectivity index (χ0n) is 14.7. The number of carbonyl (C=O) groups is 2. The van der Waals surface area contributed by atoms with Crippen molar-refractivity contribution in [1.82, 2.24) is 14.9 Å². The van der Waals surface area contributed by atoms with E-state index >= 15 is 0 Å². The molecule has 1 fully saturated rings. The van der Waals surface area contributed by atoms with Crippen LogP contribution in [0.2, 0.25) is 0 Å². The number of rotatable bonds is 7. The summed E-state index contributed by atoms with van der Waals surface area (Å²) in [6.45, 7) is 3.18. The van der Waals surface area contributed by atoms with Crippen LogP contribution in [-0.2, 0) is 27.3 Å². The molecule has 2 heterocycles. The predicted octanol–water partition coefficient (Wildman–Crippen LogP) is 1.79. The van der Waals surface area contributed by atoms with Crippen molar-refractivity contribution in [2.75, 3.05) is 6.61 Å². The molecule has 0 unspecified atom stereocenters. The van der Waals surface area contributed by atoms with Gasteiger partial charge < -0.3 is 19.7 Å². The lowest BCUT2D eigenvalue weighted by atomic mass is 9.98. The summed E-state index contributed by atoms with van der Waals surface area (Å²) in [5.41, 5.74) is 0.862. The Kier molecular flexibility index (Phi) is 5.68. The quantitative estimate of drug-likeness (QED) is 0.788. The molecule has 1 amide bonds. The van der Waals surface area contributed by atoms with Gasteiger partial charge in [0.1, 0.15) is 18.0 Å². The van der Waals surface area contributed by atoms with Gasteiger partial charge in [0.15, 0.2) is 0 Å². The number of amides is 1. The lowest BCUT2D eigenvalue weighted by Crippen LogP contribution is -2.45. The van der Waals surface area contributed by atoms with Gasteiger partial charge in [0.2, 0.25) is 5.91 Å². The third-order valence-corrected chi connectivity index (χ3v) is 4.67. The van der Waals surface area contributed by atoms with E-state index in [-0.39, 0.29) is 12.3 Å². The summed E-state index contributed by atoms with van der Waals surface area (Å²) < 4.78 is 7.68. The number of carbonyl (C=O) groups excluding carboxylic acids is 1. The first-order chi connectivity index (χ1) is 12.6. The van der Waals surface area contributed by atoms with Crippen molar-refractivity contribution in [2.45, 2.75) is 38.5 Å². The Hall–Kier alpha value is -2.67.